The van der Waals surface area contributed by atoms with Crippen LogP contribution in [-0.4, -0.2) is 30.0 Å². The molecule has 3 aromatic heterocycles. The average Bonchev–Trinajstić information content (AvgIpc) is 3.30. The molecule has 1 amide bonds. The second-order valence-corrected chi connectivity index (χ2v) is 7.26. The Kier molecular flexibility index (Phi) is 5.24. The third kappa shape index (κ3) is 3.65. The van der Waals surface area contributed by atoms with Crippen LogP contribution in [0.3, 0.4) is 0 Å². The van der Waals surface area contributed by atoms with Crippen LogP contribution in [0.2, 0.25) is 0 Å². The Balaban J connectivity index is 1.62. The second-order valence-electron chi connectivity index (χ2n) is 7.26. The smallest absolute Gasteiger partial charge is 0.332 e. The van der Waals surface area contributed by atoms with E-state index in [9.17, 15) is 14.4 Å². The van der Waals surface area contributed by atoms with Gasteiger partial charge in [-0.05, 0) is 24.1 Å². The zero-order chi connectivity index (χ0) is 22.1. The molecule has 31 heavy (non-hydrogen) atoms. The van der Waals surface area contributed by atoms with Gasteiger partial charge in [-0.15, -0.1) is 0 Å². The summed E-state index contributed by atoms with van der Waals surface area (Å²) in [5.74, 6) is 0.219. The first-order valence-electron chi connectivity index (χ1n) is 9.88. The number of benzene rings is 1. The first kappa shape index (κ1) is 20.3. The molecule has 1 unspecified atom stereocenters. The number of nitrogens with one attached hydrogen (secondary N) is 2. The van der Waals surface area contributed by atoms with Gasteiger partial charge in [0.1, 0.15) is 17.2 Å². The van der Waals surface area contributed by atoms with E-state index in [1.165, 1.54) is 30.8 Å². The van der Waals surface area contributed by atoms with Crippen LogP contribution in [0.5, 0.6) is 0 Å². The van der Waals surface area contributed by atoms with Crippen LogP contribution >= 0.6 is 0 Å². The molecule has 0 spiro atoms. The van der Waals surface area contributed by atoms with Gasteiger partial charge in [-0.3, -0.25) is 18.7 Å². The molecule has 9 heteroatoms. The molecular formula is C22H22N6O3. The number of carbonyl (C=O) groups is 1. The highest BCUT2D eigenvalue weighted by atomic mass is 16.2. The number of carbonyl (C=O) groups excluding carboxylic acids is 1. The molecule has 1 aromatic carbocycles. The number of fused-ring (bicyclic) bond motifs is 1. The van der Waals surface area contributed by atoms with Gasteiger partial charge in [0.25, 0.3) is 11.5 Å². The van der Waals surface area contributed by atoms with Crippen molar-refractivity contribution in [2.75, 3.05) is 0 Å². The lowest BCUT2D eigenvalue weighted by molar-refractivity contribution is 0.0929. The van der Waals surface area contributed by atoms with Gasteiger partial charge in [0, 0.05) is 14.1 Å². The summed E-state index contributed by atoms with van der Waals surface area (Å²) in [6.45, 7) is 1.94. The zero-order valence-corrected chi connectivity index (χ0v) is 17.4. The Labute approximate surface area is 177 Å². The van der Waals surface area contributed by atoms with Gasteiger partial charge in [-0.1, -0.05) is 37.3 Å². The SMILES string of the molecule is CCC(NC(=O)c1ccc2c(=O)n(C)c(=O)n(C)c2n1)c1ncc(-c2ccccc2)[nH]1. The Bertz CT molecular complexity index is 1380. The fourth-order valence-corrected chi connectivity index (χ4v) is 3.45. The van der Waals surface area contributed by atoms with E-state index in [0.717, 1.165) is 15.8 Å². The molecule has 1 atom stereocenters. The molecule has 4 aromatic rings. The number of amides is 1. The second kappa shape index (κ2) is 8.02. The predicted molar refractivity (Wildman–Crippen MR) is 117 cm³/mol. The van der Waals surface area contributed by atoms with E-state index in [0.29, 0.717) is 12.2 Å². The van der Waals surface area contributed by atoms with Crippen molar-refractivity contribution < 1.29 is 4.79 Å². The molecule has 0 saturated heterocycles. The van der Waals surface area contributed by atoms with Crippen LogP contribution in [0, 0.1) is 0 Å². The lowest BCUT2D eigenvalue weighted by atomic mass is 10.2. The lowest BCUT2D eigenvalue weighted by Gasteiger charge is -2.15. The standard InChI is InChI=1S/C22H22N6O3/c1-4-15(18-23-12-17(24-18)13-8-6-5-7-9-13)26-20(29)16-11-10-14-19(25-16)27(2)22(31)28(3)21(14)30/h5-12,15H,4H2,1-3H3,(H,23,24)(H,26,29). The monoisotopic (exact) mass is 418 g/mol. The maximum atomic E-state index is 12.9. The van der Waals surface area contributed by atoms with Crippen LogP contribution in [0.15, 0.2) is 58.3 Å². The van der Waals surface area contributed by atoms with Crippen LogP contribution in [0.1, 0.15) is 35.7 Å². The molecule has 0 radical (unpaired) electrons. The molecule has 2 N–H and O–H groups in total. The van der Waals surface area contributed by atoms with E-state index < -0.39 is 17.2 Å². The first-order valence-corrected chi connectivity index (χ1v) is 9.88. The number of aryl methyl sites for hydroxylation is 1. The summed E-state index contributed by atoms with van der Waals surface area (Å²) in [5, 5.41) is 3.19. The average molecular weight is 418 g/mol. The third-order valence-electron chi connectivity index (χ3n) is 5.26. The summed E-state index contributed by atoms with van der Waals surface area (Å²) in [5.41, 5.74) is 1.19. The largest absolute Gasteiger partial charge is 0.341 e. The minimum atomic E-state index is -0.502. The van der Waals surface area contributed by atoms with Gasteiger partial charge in [0.15, 0.2) is 0 Å². The van der Waals surface area contributed by atoms with Gasteiger partial charge in [0.05, 0.1) is 23.3 Å². The van der Waals surface area contributed by atoms with Crippen molar-refractivity contribution in [3.8, 4) is 11.3 Å². The third-order valence-corrected chi connectivity index (χ3v) is 5.26. The molecule has 158 valence electrons. The minimum absolute atomic E-state index is 0.115. The predicted octanol–water partition coefficient (Wildman–Crippen LogP) is 1.90. The van der Waals surface area contributed by atoms with Crippen molar-refractivity contribution >= 4 is 16.9 Å². The number of nitrogens with zero attached hydrogens (tertiary/aromatic N) is 4. The molecule has 3 heterocycles. The quantitative estimate of drug-likeness (QED) is 0.514. The van der Waals surface area contributed by atoms with Gasteiger partial charge < -0.3 is 10.3 Å². The Morgan fingerprint density at radius 1 is 1.10 bits per heavy atom. The highest BCUT2D eigenvalue weighted by Gasteiger charge is 2.19. The number of H-pyrrole nitrogens is 1. The van der Waals surface area contributed by atoms with Gasteiger partial charge >= 0.3 is 5.69 Å². The van der Waals surface area contributed by atoms with Crippen LogP contribution in [0.4, 0.5) is 0 Å². The number of hydrogen-bond donors (Lipinski definition) is 2. The van der Waals surface area contributed by atoms with Crippen LogP contribution in [0.25, 0.3) is 22.3 Å². The molecule has 0 aliphatic carbocycles. The summed E-state index contributed by atoms with van der Waals surface area (Å²) in [7, 11) is 2.92. The van der Waals surface area contributed by atoms with Crippen molar-refractivity contribution in [1.29, 1.82) is 0 Å². The maximum absolute atomic E-state index is 12.9. The van der Waals surface area contributed by atoms with E-state index in [1.54, 1.807) is 6.20 Å². The van der Waals surface area contributed by atoms with Gasteiger partial charge in [0.2, 0.25) is 0 Å². The van der Waals surface area contributed by atoms with Crippen LogP contribution < -0.4 is 16.6 Å². The number of imidazole rings is 1. The molecule has 4 rings (SSSR count). The van der Waals surface area contributed by atoms with Gasteiger partial charge in [-0.25, -0.2) is 14.8 Å². The van der Waals surface area contributed by atoms with E-state index in [4.69, 9.17) is 0 Å². The van der Waals surface area contributed by atoms with Gasteiger partial charge in [-0.2, -0.15) is 0 Å². The van der Waals surface area contributed by atoms with Crippen LogP contribution in [-0.2, 0) is 14.1 Å². The van der Waals surface area contributed by atoms with E-state index in [2.05, 4.69) is 20.3 Å². The minimum Gasteiger partial charge on any atom is -0.341 e. The highest BCUT2D eigenvalue weighted by Crippen LogP contribution is 2.20. The molecule has 0 bridgehead atoms. The van der Waals surface area contributed by atoms with Crippen molar-refractivity contribution in [2.45, 2.75) is 19.4 Å². The zero-order valence-electron chi connectivity index (χ0n) is 17.4. The number of hydrogen-bond acceptors (Lipinski definition) is 5. The summed E-state index contributed by atoms with van der Waals surface area (Å²) in [4.78, 5) is 49.3. The molecule has 0 aliphatic rings. The van der Waals surface area contributed by atoms with Crippen molar-refractivity contribution in [1.82, 2.24) is 29.4 Å². The summed E-state index contributed by atoms with van der Waals surface area (Å²) in [6, 6.07) is 12.4. The summed E-state index contributed by atoms with van der Waals surface area (Å²) < 4.78 is 2.27. The molecule has 9 nitrogen and oxygen atoms in total. The molecule has 0 saturated carbocycles. The van der Waals surface area contributed by atoms with Crippen molar-refractivity contribution in [2.24, 2.45) is 14.1 Å². The fourth-order valence-electron chi connectivity index (χ4n) is 3.45. The number of rotatable bonds is 5. The number of pyridine rings is 1. The molecular weight excluding hydrogens is 396 g/mol. The Morgan fingerprint density at radius 3 is 2.55 bits per heavy atom. The topological polar surface area (TPSA) is 115 Å². The Morgan fingerprint density at radius 2 is 1.84 bits per heavy atom. The summed E-state index contributed by atoms with van der Waals surface area (Å²) in [6.07, 6.45) is 2.35. The lowest BCUT2D eigenvalue weighted by Crippen LogP contribution is -2.37. The maximum Gasteiger partial charge on any atom is 0.332 e. The summed E-state index contributed by atoms with van der Waals surface area (Å²) >= 11 is 0. The molecule has 0 aliphatic heterocycles. The van der Waals surface area contributed by atoms with Crippen molar-refractivity contribution in [3.05, 3.63) is 81.0 Å². The number of aromatic nitrogens is 5. The van der Waals surface area contributed by atoms with Crippen molar-refractivity contribution in [3.63, 3.8) is 0 Å². The number of aromatic amines is 1. The Hall–Kier alpha value is -4.01. The highest BCUT2D eigenvalue weighted by molar-refractivity contribution is 5.94. The normalized spacial score (nSPS) is 12.1. The first-order chi connectivity index (χ1) is 14.9. The van der Waals surface area contributed by atoms with E-state index >= 15 is 0 Å². The van der Waals surface area contributed by atoms with E-state index in [-0.39, 0.29) is 22.8 Å². The molecule has 0 fully saturated rings. The fraction of sp³-hybridized carbons (Fsp3) is 0.227. The van der Waals surface area contributed by atoms with E-state index in [1.807, 2.05) is 37.3 Å².